The van der Waals surface area contributed by atoms with E-state index < -0.39 is 0 Å². The number of hydrogen-bond donors (Lipinski definition) is 1. The molecule has 0 heterocycles. The van der Waals surface area contributed by atoms with E-state index in [1.54, 1.807) is 0 Å². The highest BCUT2D eigenvalue weighted by molar-refractivity contribution is 9.10. The van der Waals surface area contributed by atoms with Gasteiger partial charge >= 0.3 is 0 Å². The fourth-order valence-electron chi connectivity index (χ4n) is 1.94. The molecule has 0 spiro atoms. The van der Waals surface area contributed by atoms with Crippen LogP contribution in [0.2, 0.25) is 5.02 Å². The smallest absolute Gasteiger partial charge is 0.0449 e. The van der Waals surface area contributed by atoms with Crippen molar-refractivity contribution in [2.45, 2.75) is 33.6 Å². The summed E-state index contributed by atoms with van der Waals surface area (Å²) in [6, 6.07) is 6.16. The molecule has 1 N–H and O–H groups in total. The maximum Gasteiger partial charge on any atom is 0.0449 e. The van der Waals surface area contributed by atoms with Gasteiger partial charge in [0.25, 0.3) is 0 Å². The van der Waals surface area contributed by atoms with Crippen LogP contribution in [0.4, 0.5) is 0 Å². The Balaban J connectivity index is 2.50. The summed E-state index contributed by atoms with van der Waals surface area (Å²) >= 11 is 9.70. The van der Waals surface area contributed by atoms with Crippen LogP contribution in [0.3, 0.4) is 0 Å². The molecule has 0 aliphatic rings. The van der Waals surface area contributed by atoms with Gasteiger partial charge < -0.3 is 5.32 Å². The van der Waals surface area contributed by atoms with Crippen LogP contribution in [0.5, 0.6) is 0 Å². The molecule has 1 aromatic rings. The minimum Gasteiger partial charge on any atom is -0.316 e. The van der Waals surface area contributed by atoms with Crippen molar-refractivity contribution in [1.29, 1.82) is 0 Å². The Kier molecular flexibility index (Phi) is 7.28. The largest absolute Gasteiger partial charge is 0.316 e. The highest BCUT2D eigenvalue weighted by Crippen LogP contribution is 2.25. The minimum atomic E-state index is 0.632. The lowest BCUT2D eigenvalue weighted by molar-refractivity contribution is 0.365. The van der Waals surface area contributed by atoms with Gasteiger partial charge in [0.2, 0.25) is 0 Å². The Labute approximate surface area is 124 Å². The van der Waals surface area contributed by atoms with Crippen molar-refractivity contribution >= 4 is 27.5 Å². The van der Waals surface area contributed by atoms with E-state index in [1.807, 2.05) is 6.07 Å². The average Bonchev–Trinajstić information content (AvgIpc) is 2.32. The molecule has 0 radical (unpaired) electrons. The summed E-state index contributed by atoms with van der Waals surface area (Å²) in [5.41, 5.74) is 1.25. The van der Waals surface area contributed by atoms with Gasteiger partial charge in [0.05, 0.1) is 0 Å². The number of rotatable bonds is 7. The van der Waals surface area contributed by atoms with Crippen molar-refractivity contribution in [3.8, 4) is 0 Å². The van der Waals surface area contributed by atoms with E-state index in [-0.39, 0.29) is 0 Å². The standard InChI is InChI=1S/C15H23BrClN/c1-4-7-18-10-12(3)11(2)8-13-5-6-14(16)9-15(13)17/h5-6,9,11-12,18H,4,7-8,10H2,1-3H3. The Hall–Kier alpha value is -0.0500. The van der Waals surface area contributed by atoms with Gasteiger partial charge in [-0.1, -0.05) is 54.4 Å². The van der Waals surface area contributed by atoms with Crippen molar-refractivity contribution in [3.63, 3.8) is 0 Å². The normalized spacial score (nSPS) is 14.5. The molecule has 18 heavy (non-hydrogen) atoms. The van der Waals surface area contributed by atoms with Crippen molar-refractivity contribution in [2.75, 3.05) is 13.1 Å². The third-order valence-electron chi connectivity index (χ3n) is 3.42. The van der Waals surface area contributed by atoms with Crippen LogP contribution < -0.4 is 5.32 Å². The van der Waals surface area contributed by atoms with E-state index in [9.17, 15) is 0 Å². The van der Waals surface area contributed by atoms with Crippen molar-refractivity contribution < 1.29 is 0 Å². The molecule has 0 amide bonds. The quantitative estimate of drug-likeness (QED) is 0.699. The Morgan fingerprint density at radius 2 is 2.00 bits per heavy atom. The van der Waals surface area contributed by atoms with E-state index in [2.05, 4.69) is 54.2 Å². The summed E-state index contributed by atoms with van der Waals surface area (Å²) in [5, 5.41) is 4.35. The highest BCUT2D eigenvalue weighted by Gasteiger charge is 2.14. The first-order chi connectivity index (χ1) is 8.54. The van der Waals surface area contributed by atoms with Crippen molar-refractivity contribution in [1.82, 2.24) is 5.32 Å². The number of nitrogens with one attached hydrogen (secondary N) is 1. The lowest BCUT2D eigenvalue weighted by Gasteiger charge is -2.21. The molecule has 0 fully saturated rings. The molecule has 1 rings (SSSR count). The summed E-state index contributed by atoms with van der Waals surface area (Å²) in [6.07, 6.45) is 2.24. The molecule has 0 aliphatic carbocycles. The van der Waals surface area contributed by atoms with E-state index >= 15 is 0 Å². The van der Waals surface area contributed by atoms with E-state index in [4.69, 9.17) is 11.6 Å². The summed E-state index contributed by atoms with van der Waals surface area (Å²) in [5.74, 6) is 1.30. The number of benzene rings is 1. The third-order valence-corrected chi connectivity index (χ3v) is 4.27. The van der Waals surface area contributed by atoms with E-state index in [0.717, 1.165) is 29.0 Å². The first kappa shape index (κ1) is 16.0. The fourth-order valence-corrected chi connectivity index (χ4v) is 2.69. The average molecular weight is 333 g/mol. The molecule has 102 valence electrons. The second-order valence-electron chi connectivity index (χ2n) is 5.10. The molecular weight excluding hydrogens is 310 g/mol. The maximum absolute atomic E-state index is 6.26. The predicted molar refractivity (Wildman–Crippen MR) is 84.3 cm³/mol. The van der Waals surface area contributed by atoms with Gasteiger partial charge in [-0.15, -0.1) is 0 Å². The van der Waals surface area contributed by atoms with Crippen LogP contribution in [-0.4, -0.2) is 13.1 Å². The molecule has 0 aliphatic heterocycles. The van der Waals surface area contributed by atoms with Crippen molar-refractivity contribution in [2.24, 2.45) is 11.8 Å². The molecule has 1 nitrogen and oxygen atoms in total. The van der Waals surface area contributed by atoms with Crippen LogP contribution in [0.1, 0.15) is 32.8 Å². The van der Waals surface area contributed by atoms with Gasteiger partial charge in [-0.05, 0) is 55.5 Å². The summed E-state index contributed by atoms with van der Waals surface area (Å²) in [6.45, 7) is 9.00. The second-order valence-corrected chi connectivity index (χ2v) is 6.42. The number of hydrogen-bond acceptors (Lipinski definition) is 1. The van der Waals surface area contributed by atoms with Gasteiger partial charge in [-0.25, -0.2) is 0 Å². The van der Waals surface area contributed by atoms with Crippen LogP contribution >= 0.6 is 27.5 Å². The molecule has 0 bridgehead atoms. The summed E-state index contributed by atoms with van der Waals surface area (Å²) in [4.78, 5) is 0. The first-order valence-corrected chi connectivity index (χ1v) is 7.86. The highest BCUT2D eigenvalue weighted by atomic mass is 79.9. The van der Waals surface area contributed by atoms with Gasteiger partial charge in [-0.3, -0.25) is 0 Å². The first-order valence-electron chi connectivity index (χ1n) is 6.69. The lowest BCUT2D eigenvalue weighted by atomic mass is 9.89. The van der Waals surface area contributed by atoms with Crippen LogP contribution in [0.25, 0.3) is 0 Å². The monoisotopic (exact) mass is 331 g/mol. The lowest BCUT2D eigenvalue weighted by Crippen LogP contribution is -2.26. The van der Waals surface area contributed by atoms with Gasteiger partial charge in [0.15, 0.2) is 0 Å². The SMILES string of the molecule is CCCNCC(C)C(C)Cc1ccc(Br)cc1Cl. The van der Waals surface area contributed by atoms with Crippen LogP contribution in [0, 0.1) is 11.8 Å². The second kappa shape index (κ2) is 8.19. The zero-order valence-electron chi connectivity index (χ0n) is 11.5. The molecule has 1 aromatic carbocycles. The topological polar surface area (TPSA) is 12.0 Å². The fraction of sp³-hybridized carbons (Fsp3) is 0.600. The van der Waals surface area contributed by atoms with Gasteiger partial charge in [0.1, 0.15) is 0 Å². The summed E-state index contributed by atoms with van der Waals surface area (Å²) < 4.78 is 1.04. The Morgan fingerprint density at radius 3 is 2.61 bits per heavy atom. The number of halogens is 2. The van der Waals surface area contributed by atoms with Gasteiger partial charge in [0, 0.05) is 9.50 Å². The molecule has 2 unspecified atom stereocenters. The van der Waals surface area contributed by atoms with Gasteiger partial charge in [-0.2, -0.15) is 0 Å². The van der Waals surface area contributed by atoms with Crippen molar-refractivity contribution in [3.05, 3.63) is 33.3 Å². The zero-order valence-corrected chi connectivity index (χ0v) is 13.8. The van der Waals surface area contributed by atoms with E-state index in [0.29, 0.717) is 11.8 Å². The molecule has 2 atom stereocenters. The minimum absolute atomic E-state index is 0.632. The maximum atomic E-state index is 6.26. The van der Waals surface area contributed by atoms with E-state index in [1.165, 1.54) is 12.0 Å². The van der Waals surface area contributed by atoms with Crippen LogP contribution in [0.15, 0.2) is 22.7 Å². The Morgan fingerprint density at radius 1 is 1.28 bits per heavy atom. The molecule has 0 saturated heterocycles. The third kappa shape index (κ3) is 5.29. The molecular formula is C15H23BrClN. The summed E-state index contributed by atoms with van der Waals surface area (Å²) in [7, 11) is 0. The predicted octanol–water partition coefficient (Wildman–Crippen LogP) is 4.92. The van der Waals surface area contributed by atoms with Crippen LogP contribution in [-0.2, 0) is 6.42 Å². The molecule has 3 heteroatoms. The Bertz CT molecular complexity index is 368. The molecule has 0 saturated carbocycles. The zero-order chi connectivity index (χ0) is 13.5. The molecule has 0 aromatic heterocycles.